The largest absolute Gasteiger partial charge is 0.424 e. The van der Waals surface area contributed by atoms with Gasteiger partial charge < -0.3 is 4.74 Å². The van der Waals surface area contributed by atoms with Gasteiger partial charge in [0.25, 0.3) is 0 Å². The number of fused-ring (bicyclic) bond motifs is 5. The number of rotatable bonds is 3. The SMILES string of the molecule is CC(=O)N(O)c1cnc(Oc2ccc3c(c2)CC[C@@H]2[C@H]4CCC(=O)[C@]4(C)CC[C@@H]32)nc1. The molecule has 1 aromatic heterocycles. The first-order chi connectivity index (χ1) is 14.9. The first kappa shape index (κ1) is 20.1. The highest BCUT2D eigenvalue weighted by molar-refractivity contribution is 5.88. The molecule has 1 heterocycles. The molecule has 5 rings (SSSR count). The van der Waals surface area contributed by atoms with Crippen LogP contribution in [0.3, 0.4) is 0 Å². The zero-order chi connectivity index (χ0) is 21.8. The number of nitrogens with zero attached hydrogens (tertiary/aromatic N) is 3. The van der Waals surface area contributed by atoms with E-state index in [9.17, 15) is 14.8 Å². The summed E-state index contributed by atoms with van der Waals surface area (Å²) >= 11 is 0. The van der Waals surface area contributed by atoms with Gasteiger partial charge in [0.2, 0.25) is 5.91 Å². The topological polar surface area (TPSA) is 92.6 Å². The van der Waals surface area contributed by atoms with E-state index >= 15 is 0 Å². The highest BCUT2D eigenvalue weighted by Crippen LogP contribution is 2.59. The molecule has 3 aliphatic carbocycles. The van der Waals surface area contributed by atoms with Gasteiger partial charge in [-0.3, -0.25) is 14.8 Å². The highest BCUT2D eigenvalue weighted by Gasteiger charge is 2.54. The number of hydroxylamine groups is 1. The van der Waals surface area contributed by atoms with E-state index < -0.39 is 5.91 Å². The Morgan fingerprint density at radius 2 is 1.97 bits per heavy atom. The van der Waals surface area contributed by atoms with Gasteiger partial charge in [0.1, 0.15) is 17.2 Å². The first-order valence-electron chi connectivity index (χ1n) is 11.0. The summed E-state index contributed by atoms with van der Waals surface area (Å²) in [6.45, 7) is 3.45. The number of hydrogen-bond donors (Lipinski definition) is 1. The summed E-state index contributed by atoms with van der Waals surface area (Å²) in [5.74, 6) is 2.28. The second kappa shape index (κ2) is 7.41. The molecule has 7 nitrogen and oxygen atoms in total. The van der Waals surface area contributed by atoms with E-state index in [-0.39, 0.29) is 17.1 Å². The number of benzene rings is 1. The number of amides is 1. The van der Waals surface area contributed by atoms with E-state index in [0.29, 0.717) is 34.3 Å². The fraction of sp³-hybridized carbons (Fsp3) is 0.500. The minimum absolute atomic E-state index is 0.0994. The lowest BCUT2D eigenvalue weighted by atomic mass is 9.55. The summed E-state index contributed by atoms with van der Waals surface area (Å²) in [5.41, 5.74) is 2.80. The van der Waals surface area contributed by atoms with Crippen molar-refractivity contribution in [1.29, 1.82) is 0 Å². The maximum absolute atomic E-state index is 12.5. The van der Waals surface area contributed by atoms with Crippen molar-refractivity contribution in [2.75, 3.05) is 5.06 Å². The Morgan fingerprint density at radius 1 is 1.19 bits per heavy atom. The molecule has 0 unspecified atom stereocenters. The number of ether oxygens (including phenoxy) is 1. The molecule has 162 valence electrons. The van der Waals surface area contributed by atoms with Crippen LogP contribution in [-0.4, -0.2) is 26.9 Å². The maximum atomic E-state index is 12.5. The Morgan fingerprint density at radius 3 is 2.71 bits per heavy atom. The van der Waals surface area contributed by atoms with E-state index in [2.05, 4.69) is 29.0 Å². The number of ketones is 1. The van der Waals surface area contributed by atoms with Crippen LogP contribution >= 0.6 is 0 Å². The lowest BCUT2D eigenvalue weighted by Crippen LogP contribution is -2.42. The summed E-state index contributed by atoms with van der Waals surface area (Å²) in [4.78, 5) is 31.9. The molecule has 3 aliphatic rings. The molecule has 31 heavy (non-hydrogen) atoms. The third kappa shape index (κ3) is 3.31. The van der Waals surface area contributed by atoms with Crippen LogP contribution in [0, 0.1) is 17.3 Å². The molecular formula is C24H27N3O4. The molecule has 0 radical (unpaired) electrons. The zero-order valence-electron chi connectivity index (χ0n) is 17.9. The van der Waals surface area contributed by atoms with Crippen molar-refractivity contribution >= 4 is 17.4 Å². The molecule has 0 saturated heterocycles. The molecule has 1 N–H and O–H groups in total. The molecule has 2 aromatic rings. The third-order valence-electron chi connectivity index (χ3n) is 7.77. The summed E-state index contributed by atoms with van der Waals surface area (Å²) in [6.07, 6.45) is 8.68. The number of Topliss-reactive ketones (excluding diaryl/α,β-unsaturated/α-hetero) is 1. The lowest BCUT2D eigenvalue weighted by molar-refractivity contribution is -0.129. The number of aromatic nitrogens is 2. The van der Waals surface area contributed by atoms with Gasteiger partial charge in [-0.2, -0.15) is 5.06 Å². The van der Waals surface area contributed by atoms with E-state index in [0.717, 1.165) is 38.5 Å². The molecule has 7 heteroatoms. The Kier molecular flexibility index (Phi) is 4.81. The Bertz CT molecular complexity index is 1040. The van der Waals surface area contributed by atoms with Crippen molar-refractivity contribution < 1.29 is 19.5 Å². The summed E-state index contributed by atoms with van der Waals surface area (Å²) < 4.78 is 5.82. The van der Waals surface area contributed by atoms with Crippen molar-refractivity contribution in [2.45, 2.75) is 58.3 Å². The highest BCUT2D eigenvalue weighted by atomic mass is 16.5. The monoisotopic (exact) mass is 421 g/mol. The van der Waals surface area contributed by atoms with E-state index in [1.165, 1.54) is 30.4 Å². The molecule has 1 amide bonds. The van der Waals surface area contributed by atoms with Gasteiger partial charge in [0.05, 0.1) is 12.4 Å². The van der Waals surface area contributed by atoms with Crippen LogP contribution < -0.4 is 9.80 Å². The average Bonchev–Trinajstić information content (AvgIpc) is 3.08. The Hall–Kier alpha value is -2.80. The summed E-state index contributed by atoms with van der Waals surface area (Å²) in [7, 11) is 0. The van der Waals surface area contributed by atoms with Gasteiger partial charge in [-0.25, -0.2) is 9.97 Å². The van der Waals surface area contributed by atoms with Crippen LogP contribution in [0.15, 0.2) is 30.6 Å². The number of carbonyl (C=O) groups is 2. The normalized spacial score (nSPS) is 29.0. The van der Waals surface area contributed by atoms with Crippen LogP contribution in [0.25, 0.3) is 0 Å². The van der Waals surface area contributed by atoms with E-state index in [4.69, 9.17) is 4.74 Å². The van der Waals surface area contributed by atoms with Crippen molar-refractivity contribution in [3.8, 4) is 11.8 Å². The zero-order valence-corrected chi connectivity index (χ0v) is 17.9. The smallest absolute Gasteiger partial charge is 0.322 e. The van der Waals surface area contributed by atoms with Crippen molar-refractivity contribution in [3.05, 3.63) is 41.7 Å². The lowest BCUT2D eigenvalue weighted by Gasteiger charge is -2.48. The standard InChI is InChI=1S/C24H27N3O4/c1-14(28)27(30)16-12-25-23(26-13-16)31-17-4-6-18-15(11-17)3-5-20-19(18)9-10-24(2)21(20)7-8-22(24)29/h4,6,11-13,19-21,30H,3,5,7-10H2,1-2H3/t19-,20-,21+,24+/m0/s1. The Labute approximate surface area is 181 Å². The molecule has 0 bridgehead atoms. The molecule has 2 saturated carbocycles. The summed E-state index contributed by atoms with van der Waals surface area (Å²) in [5, 5.41) is 10.1. The third-order valence-corrected chi connectivity index (χ3v) is 7.77. The van der Waals surface area contributed by atoms with Crippen LogP contribution in [-0.2, 0) is 16.0 Å². The Balaban J connectivity index is 1.33. The van der Waals surface area contributed by atoms with Crippen molar-refractivity contribution in [3.63, 3.8) is 0 Å². The number of hydrogen-bond acceptors (Lipinski definition) is 6. The van der Waals surface area contributed by atoms with Gasteiger partial charge in [-0.05, 0) is 73.1 Å². The molecule has 4 atom stereocenters. The summed E-state index contributed by atoms with van der Waals surface area (Å²) in [6, 6.07) is 6.36. The second-order valence-corrected chi connectivity index (χ2v) is 9.35. The van der Waals surface area contributed by atoms with Crippen LogP contribution in [0.4, 0.5) is 5.69 Å². The van der Waals surface area contributed by atoms with Crippen LogP contribution in [0.2, 0.25) is 0 Å². The minimum Gasteiger partial charge on any atom is -0.424 e. The fourth-order valence-electron chi connectivity index (χ4n) is 6.15. The van der Waals surface area contributed by atoms with Crippen LogP contribution in [0.1, 0.15) is 63.0 Å². The predicted molar refractivity (Wildman–Crippen MR) is 113 cm³/mol. The molecule has 0 spiro atoms. The van der Waals surface area contributed by atoms with Crippen molar-refractivity contribution in [1.82, 2.24) is 9.97 Å². The first-order valence-corrected chi connectivity index (χ1v) is 11.0. The van der Waals surface area contributed by atoms with Crippen molar-refractivity contribution in [2.24, 2.45) is 17.3 Å². The van der Waals surface area contributed by atoms with E-state index in [1.807, 2.05) is 6.07 Å². The number of anilines is 1. The maximum Gasteiger partial charge on any atom is 0.322 e. The molecule has 2 fully saturated rings. The van der Waals surface area contributed by atoms with Gasteiger partial charge in [0, 0.05) is 18.8 Å². The molecular weight excluding hydrogens is 394 g/mol. The second-order valence-electron chi connectivity index (χ2n) is 9.35. The van der Waals surface area contributed by atoms with Gasteiger partial charge in [0.15, 0.2) is 0 Å². The van der Waals surface area contributed by atoms with Gasteiger partial charge >= 0.3 is 6.01 Å². The van der Waals surface area contributed by atoms with E-state index in [1.54, 1.807) is 0 Å². The molecule has 1 aromatic carbocycles. The van der Waals surface area contributed by atoms with Gasteiger partial charge in [-0.15, -0.1) is 0 Å². The number of carbonyl (C=O) groups excluding carboxylic acids is 2. The van der Waals surface area contributed by atoms with Gasteiger partial charge in [-0.1, -0.05) is 13.0 Å². The fourth-order valence-corrected chi connectivity index (χ4v) is 6.15. The van der Waals surface area contributed by atoms with Crippen LogP contribution in [0.5, 0.6) is 11.8 Å². The number of aryl methyl sites for hydroxylation is 1. The average molecular weight is 421 g/mol. The minimum atomic E-state index is -0.518. The molecule has 0 aliphatic heterocycles. The predicted octanol–water partition coefficient (Wildman–Crippen LogP) is 4.44. The quantitative estimate of drug-likeness (QED) is 0.582.